The lowest BCUT2D eigenvalue weighted by atomic mass is 10.1. The Morgan fingerprint density at radius 2 is 1.65 bits per heavy atom. The third kappa shape index (κ3) is 8.94. The normalized spacial score (nSPS) is 11.3. The molecule has 0 spiro atoms. The van der Waals surface area contributed by atoms with Crippen LogP contribution in [0.3, 0.4) is 0 Å². The Labute approximate surface area is 193 Å². The molecule has 2 aromatic rings. The van der Waals surface area contributed by atoms with Crippen molar-refractivity contribution in [1.29, 1.82) is 0 Å². The van der Waals surface area contributed by atoms with Crippen molar-refractivity contribution in [1.82, 2.24) is 5.32 Å². The third-order valence-corrected chi connectivity index (χ3v) is 4.95. The zero-order valence-electron chi connectivity index (χ0n) is 17.7. The number of ether oxygens (including phenoxy) is 1. The Hall–Kier alpha value is -2.64. The first-order valence-electron chi connectivity index (χ1n) is 10.3. The summed E-state index contributed by atoms with van der Waals surface area (Å²) in [4.78, 5) is 24.3. The number of thiocarbonyl (C=S) groups is 1. The van der Waals surface area contributed by atoms with Crippen molar-refractivity contribution >= 4 is 52.1 Å². The summed E-state index contributed by atoms with van der Waals surface area (Å²) in [6.07, 6.45) is 3.89. The average Bonchev–Trinajstić information content (AvgIpc) is 2.74. The molecule has 166 valence electrons. The smallest absolute Gasteiger partial charge is 0.265 e. The molecule has 1 unspecified atom stereocenters. The summed E-state index contributed by atoms with van der Waals surface area (Å²) in [5.41, 5.74) is 1.31. The third-order valence-electron chi connectivity index (χ3n) is 4.43. The van der Waals surface area contributed by atoms with E-state index in [1.807, 2.05) is 0 Å². The van der Waals surface area contributed by atoms with Crippen molar-refractivity contribution in [3.63, 3.8) is 0 Å². The summed E-state index contributed by atoms with van der Waals surface area (Å²) in [6.45, 7) is 3.78. The van der Waals surface area contributed by atoms with Crippen LogP contribution in [0, 0.1) is 0 Å². The van der Waals surface area contributed by atoms with Crippen LogP contribution in [0.2, 0.25) is 5.02 Å². The van der Waals surface area contributed by atoms with Crippen LogP contribution < -0.4 is 20.7 Å². The fourth-order valence-corrected chi connectivity index (χ4v) is 3.14. The van der Waals surface area contributed by atoms with E-state index in [-0.39, 0.29) is 16.9 Å². The van der Waals surface area contributed by atoms with Crippen LogP contribution >= 0.6 is 23.8 Å². The number of rotatable bonds is 10. The maximum atomic E-state index is 12.4. The number of hydrogen-bond acceptors (Lipinski definition) is 4. The SMILES string of the molecule is CCCCCCC(=O)NC(=S)Nc1ccc(NC(=O)C(C)Oc2ccccc2Cl)cc1. The Bertz CT molecular complexity index is 890. The van der Waals surface area contributed by atoms with E-state index in [1.165, 1.54) is 0 Å². The van der Waals surface area contributed by atoms with Crippen molar-refractivity contribution in [2.75, 3.05) is 10.6 Å². The zero-order valence-corrected chi connectivity index (χ0v) is 19.3. The van der Waals surface area contributed by atoms with Crippen LogP contribution in [0.5, 0.6) is 5.75 Å². The molecule has 8 heteroatoms. The molecule has 0 aliphatic carbocycles. The van der Waals surface area contributed by atoms with Gasteiger partial charge >= 0.3 is 0 Å². The monoisotopic (exact) mass is 461 g/mol. The fourth-order valence-electron chi connectivity index (χ4n) is 2.73. The van der Waals surface area contributed by atoms with Crippen LogP contribution in [0.1, 0.15) is 46.0 Å². The standard InChI is InChI=1S/C23H28ClN3O3S/c1-3-4-5-6-11-21(28)27-23(31)26-18-14-12-17(13-15-18)25-22(29)16(2)30-20-10-8-7-9-19(20)24/h7-10,12-16H,3-6,11H2,1-2H3,(H,25,29)(H2,26,27,28,31). The second-order valence-electron chi connectivity index (χ2n) is 7.07. The van der Waals surface area contributed by atoms with Gasteiger partial charge in [0.15, 0.2) is 11.2 Å². The van der Waals surface area contributed by atoms with Crippen molar-refractivity contribution in [3.8, 4) is 5.75 Å². The van der Waals surface area contributed by atoms with Crippen LogP contribution in [0.15, 0.2) is 48.5 Å². The number of benzene rings is 2. The van der Waals surface area contributed by atoms with E-state index >= 15 is 0 Å². The molecule has 1 atom stereocenters. The maximum absolute atomic E-state index is 12.4. The van der Waals surface area contributed by atoms with Gasteiger partial charge in [0.05, 0.1) is 5.02 Å². The van der Waals surface area contributed by atoms with Gasteiger partial charge in [0.2, 0.25) is 5.91 Å². The van der Waals surface area contributed by atoms with Crippen LogP contribution in [0.4, 0.5) is 11.4 Å². The molecule has 3 N–H and O–H groups in total. The molecule has 6 nitrogen and oxygen atoms in total. The summed E-state index contributed by atoms with van der Waals surface area (Å²) in [6, 6.07) is 14.0. The Morgan fingerprint density at radius 3 is 2.29 bits per heavy atom. The highest BCUT2D eigenvalue weighted by Crippen LogP contribution is 2.24. The maximum Gasteiger partial charge on any atom is 0.265 e. The molecule has 0 aliphatic heterocycles. The minimum absolute atomic E-state index is 0.0926. The molecule has 0 heterocycles. The van der Waals surface area contributed by atoms with Crippen molar-refractivity contribution in [2.24, 2.45) is 0 Å². The van der Waals surface area contributed by atoms with Crippen molar-refractivity contribution < 1.29 is 14.3 Å². The van der Waals surface area contributed by atoms with Gasteiger partial charge < -0.3 is 20.7 Å². The lowest BCUT2D eigenvalue weighted by molar-refractivity contribution is -0.122. The Morgan fingerprint density at radius 1 is 1.00 bits per heavy atom. The summed E-state index contributed by atoms with van der Waals surface area (Å²) in [7, 11) is 0. The van der Waals surface area contributed by atoms with Gasteiger partial charge in [-0.2, -0.15) is 0 Å². The van der Waals surface area contributed by atoms with Crippen molar-refractivity contribution in [3.05, 3.63) is 53.6 Å². The zero-order chi connectivity index (χ0) is 22.6. The minimum Gasteiger partial charge on any atom is -0.479 e. The van der Waals surface area contributed by atoms with Gasteiger partial charge in [0.25, 0.3) is 5.91 Å². The van der Waals surface area contributed by atoms with Gasteiger partial charge in [-0.15, -0.1) is 0 Å². The predicted octanol–water partition coefficient (Wildman–Crippen LogP) is 5.53. The molecule has 0 saturated carbocycles. The fraction of sp³-hybridized carbons (Fsp3) is 0.348. The van der Waals surface area contributed by atoms with Gasteiger partial charge in [-0.1, -0.05) is 49.9 Å². The van der Waals surface area contributed by atoms with Crippen molar-refractivity contribution in [2.45, 2.75) is 52.1 Å². The van der Waals surface area contributed by atoms with E-state index in [2.05, 4.69) is 22.9 Å². The van der Waals surface area contributed by atoms with E-state index in [0.29, 0.717) is 28.6 Å². The van der Waals surface area contributed by atoms with Gasteiger partial charge in [-0.3, -0.25) is 9.59 Å². The number of amides is 2. The van der Waals surface area contributed by atoms with E-state index in [1.54, 1.807) is 55.5 Å². The molecule has 0 aliphatic rings. The molecule has 0 radical (unpaired) electrons. The Kier molecular flexibility index (Phi) is 10.3. The minimum atomic E-state index is -0.724. The molecule has 31 heavy (non-hydrogen) atoms. The van der Waals surface area contributed by atoms with Gasteiger partial charge in [0.1, 0.15) is 5.75 Å². The number of carbonyl (C=O) groups excluding carboxylic acids is 2. The Balaban J connectivity index is 1.79. The molecule has 2 amide bonds. The highest BCUT2D eigenvalue weighted by Gasteiger charge is 2.16. The number of unbranched alkanes of at least 4 members (excludes halogenated alkanes) is 3. The van der Waals surface area contributed by atoms with Crippen LogP contribution in [-0.2, 0) is 9.59 Å². The lowest BCUT2D eigenvalue weighted by Crippen LogP contribution is -2.33. The predicted molar refractivity (Wildman–Crippen MR) is 130 cm³/mol. The molecule has 0 saturated heterocycles. The molecular weight excluding hydrogens is 434 g/mol. The van der Waals surface area contributed by atoms with E-state index in [9.17, 15) is 9.59 Å². The summed E-state index contributed by atoms with van der Waals surface area (Å²) < 4.78 is 5.62. The molecule has 0 bridgehead atoms. The largest absolute Gasteiger partial charge is 0.479 e. The number of hydrogen-bond donors (Lipinski definition) is 3. The molecular formula is C23H28ClN3O3S. The molecule has 0 fully saturated rings. The number of anilines is 2. The molecule has 2 aromatic carbocycles. The van der Waals surface area contributed by atoms with Gasteiger partial charge in [-0.05, 0) is 62.0 Å². The topological polar surface area (TPSA) is 79.5 Å². The number of carbonyl (C=O) groups is 2. The summed E-state index contributed by atoms with van der Waals surface area (Å²) in [5.74, 6) is 0.0590. The second kappa shape index (κ2) is 12.9. The highest BCUT2D eigenvalue weighted by molar-refractivity contribution is 7.80. The molecule has 0 aromatic heterocycles. The first-order valence-corrected chi connectivity index (χ1v) is 11.1. The van der Waals surface area contributed by atoms with E-state index in [4.69, 9.17) is 28.6 Å². The van der Waals surface area contributed by atoms with Gasteiger partial charge in [0, 0.05) is 17.8 Å². The summed E-state index contributed by atoms with van der Waals surface area (Å²) >= 11 is 11.2. The highest BCUT2D eigenvalue weighted by atomic mass is 35.5. The van der Waals surface area contributed by atoms with Gasteiger partial charge in [-0.25, -0.2) is 0 Å². The quantitative estimate of drug-likeness (QED) is 0.320. The first kappa shape index (κ1) is 24.6. The number of para-hydroxylation sites is 1. The number of halogens is 1. The number of nitrogens with one attached hydrogen (secondary N) is 3. The summed E-state index contributed by atoms with van der Waals surface area (Å²) in [5, 5.41) is 9.13. The average molecular weight is 462 g/mol. The van der Waals surface area contributed by atoms with Crippen LogP contribution in [0.25, 0.3) is 0 Å². The van der Waals surface area contributed by atoms with E-state index in [0.717, 1.165) is 25.7 Å². The van der Waals surface area contributed by atoms with E-state index < -0.39 is 6.10 Å². The van der Waals surface area contributed by atoms with Crippen LogP contribution in [-0.4, -0.2) is 23.0 Å². The first-order chi connectivity index (χ1) is 14.9. The second-order valence-corrected chi connectivity index (χ2v) is 7.89. The lowest BCUT2D eigenvalue weighted by Gasteiger charge is -2.16. The molecule has 2 rings (SSSR count).